The maximum atomic E-state index is 11.7. The van der Waals surface area contributed by atoms with Gasteiger partial charge in [-0.25, -0.2) is 0 Å². The molecule has 0 unspecified atom stereocenters. The van der Waals surface area contributed by atoms with Crippen LogP contribution in [-0.4, -0.2) is 39.8 Å². The number of hydrogen-bond acceptors (Lipinski definition) is 4. The van der Waals surface area contributed by atoms with Crippen LogP contribution in [0.4, 0.5) is 13.2 Å². The first-order chi connectivity index (χ1) is 6.99. The summed E-state index contributed by atoms with van der Waals surface area (Å²) in [5, 5.41) is 10.4. The molecule has 0 aliphatic rings. The first kappa shape index (κ1) is 12.3. The summed E-state index contributed by atoms with van der Waals surface area (Å²) in [6, 6.07) is 0. The Morgan fingerprint density at radius 2 is 2.27 bits per heavy atom. The van der Waals surface area contributed by atoms with Crippen molar-refractivity contribution in [2.24, 2.45) is 7.05 Å². The van der Waals surface area contributed by atoms with Gasteiger partial charge >= 0.3 is 6.18 Å². The largest absolute Gasteiger partial charge is 0.401 e. The first-order valence-corrected chi connectivity index (χ1v) is 5.22. The van der Waals surface area contributed by atoms with E-state index >= 15 is 0 Å². The van der Waals surface area contributed by atoms with Crippen LogP contribution in [0.1, 0.15) is 0 Å². The van der Waals surface area contributed by atoms with Crippen molar-refractivity contribution in [3.05, 3.63) is 6.33 Å². The molecule has 0 radical (unpaired) electrons. The van der Waals surface area contributed by atoms with Gasteiger partial charge in [-0.2, -0.15) is 13.2 Å². The van der Waals surface area contributed by atoms with E-state index in [1.807, 2.05) is 0 Å². The second kappa shape index (κ2) is 5.36. The lowest BCUT2D eigenvalue weighted by atomic mass is 10.6. The summed E-state index contributed by atoms with van der Waals surface area (Å²) in [6.45, 7) is -0.663. The van der Waals surface area contributed by atoms with E-state index in [1.54, 1.807) is 17.9 Å². The fourth-order valence-electron chi connectivity index (χ4n) is 0.848. The molecule has 1 heterocycles. The minimum Gasteiger partial charge on any atom is -0.312 e. The third kappa shape index (κ3) is 5.03. The summed E-state index contributed by atoms with van der Waals surface area (Å²) >= 11 is 1.36. The van der Waals surface area contributed by atoms with E-state index in [1.165, 1.54) is 11.8 Å². The minimum atomic E-state index is -4.14. The molecule has 15 heavy (non-hydrogen) atoms. The summed E-state index contributed by atoms with van der Waals surface area (Å²) < 4.78 is 36.9. The number of halogens is 3. The maximum absolute atomic E-state index is 11.7. The van der Waals surface area contributed by atoms with Crippen LogP contribution in [0, 0.1) is 0 Å². The molecule has 86 valence electrons. The van der Waals surface area contributed by atoms with Gasteiger partial charge in [0.25, 0.3) is 0 Å². The number of rotatable bonds is 5. The molecule has 0 amide bonds. The van der Waals surface area contributed by atoms with Gasteiger partial charge < -0.3 is 9.88 Å². The highest BCUT2D eigenvalue weighted by Gasteiger charge is 2.25. The third-order valence-electron chi connectivity index (χ3n) is 1.51. The van der Waals surface area contributed by atoms with Gasteiger partial charge in [0, 0.05) is 19.3 Å². The predicted octanol–water partition coefficient (Wildman–Crippen LogP) is 1.06. The molecule has 0 aliphatic heterocycles. The van der Waals surface area contributed by atoms with E-state index in [-0.39, 0.29) is 6.54 Å². The fourth-order valence-corrected chi connectivity index (χ4v) is 1.63. The van der Waals surface area contributed by atoms with Crippen LogP contribution in [-0.2, 0) is 7.05 Å². The van der Waals surface area contributed by atoms with E-state index in [4.69, 9.17) is 0 Å². The normalized spacial score (nSPS) is 12.0. The highest BCUT2D eigenvalue weighted by Crippen LogP contribution is 2.14. The highest BCUT2D eigenvalue weighted by atomic mass is 32.2. The Hall–Kier alpha value is -0.760. The van der Waals surface area contributed by atoms with Crippen molar-refractivity contribution in [2.75, 3.05) is 18.8 Å². The molecule has 1 N–H and O–H groups in total. The summed E-state index contributed by atoms with van der Waals surface area (Å²) in [7, 11) is 1.78. The van der Waals surface area contributed by atoms with Crippen LogP contribution in [0.3, 0.4) is 0 Å². The van der Waals surface area contributed by atoms with Crippen LogP contribution >= 0.6 is 11.8 Å². The molecule has 1 rings (SSSR count). The zero-order valence-corrected chi connectivity index (χ0v) is 8.90. The van der Waals surface area contributed by atoms with E-state index in [0.29, 0.717) is 10.9 Å². The molecule has 0 atom stereocenters. The second-order valence-corrected chi connectivity index (χ2v) is 3.93. The van der Waals surface area contributed by atoms with Crippen LogP contribution in [0.2, 0.25) is 0 Å². The Kier molecular flexibility index (Phi) is 4.40. The van der Waals surface area contributed by atoms with Crippen molar-refractivity contribution >= 4 is 11.8 Å². The summed E-state index contributed by atoms with van der Waals surface area (Å²) in [4.78, 5) is 0. The number of hydrogen-bond donors (Lipinski definition) is 1. The average Bonchev–Trinajstić information content (AvgIpc) is 2.49. The van der Waals surface area contributed by atoms with Crippen molar-refractivity contribution < 1.29 is 13.2 Å². The predicted molar refractivity (Wildman–Crippen MR) is 50.7 cm³/mol. The Morgan fingerprint density at radius 1 is 1.53 bits per heavy atom. The van der Waals surface area contributed by atoms with Gasteiger partial charge in [0.1, 0.15) is 6.33 Å². The molecule has 0 bridgehead atoms. The molecule has 1 aromatic heterocycles. The lowest BCUT2D eigenvalue weighted by Crippen LogP contribution is -2.30. The van der Waals surface area contributed by atoms with E-state index in [2.05, 4.69) is 15.5 Å². The van der Waals surface area contributed by atoms with Crippen molar-refractivity contribution in [3.8, 4) is 0 Å². The van der Waals surface area contributed by atoms with E-state index in [9.17, 15) is 13.2 Å². The Labute approximate surface area is 89.3 Å². The van der Waals surface area contributed by atoms with E-state index < -0.39 is 12.7 Å². The quantitative estimate of drug-likeness (QED) is 0.617. The van der Waals surface area contributed by atoms with Crippen LogP contribution in [0.5, 0.6) is 0 Å². The molecule has 0 aromatic carbocycles. The van der Waals surface area contributed by atoms with Gasteiger partial charge in [0.2, 0.25) is 0 Å². The fraction of sp³-hybridized carbons (Fsp3) is 0.714. The summed E-state index contributed by atoms with van der Waals surface area (Å²) in [5.41, 5.74) is 0. The Bertz CT molecular complexity index is 299. The van der Waals surface area contributed by atoms with E-state index in [0.717, 1.165) is 0 Å². The zero-order valence-electron chi connectivity index (χ0n) is 8.08. The van der Waals surface area contributed by atoms with Crippen molar-refractivity contribution in [1.29, 1.82) is 0 Å². The lowest BCUT2D eigenvalue weighted by molar-refractivity contribution is -0.124. The Balaban J connectivity index is 2.10. The van der Waals surface area contributed by atoms with Crippen LogP contribution in [0.15, 0.2) is 11.5 Å². The molecular formula is C7H11F3N4S. The first-order valence-electron chi connectivity index (χ1n) is 4.23. The highest BCUT2D eigenvalue weighted by molar-refractivity contribution is 7.99. The summed E-state index contributed by atoms with van der Waals surface area (Å²) in [6.07, 6.45) is -2.60. The monoisotopic (exact) mass is 240 g/mol. The number of aryl methyl sites for hydroxylation is 1. The maximum Gasteiger partial charge on any atom is 0.401 e. The molecule has 0 saturated carbocycles. The van der Waals surface area contributed by atoms with Crippen molar-refractivity contribution in [1.82, 2.24) is 20.1 Å². The van der Waals surface area contributed by atoms with Gasteiger partial charge in [0.05, 0.1) is 6.54 Å². The smallest absolute Gasteiger partial charge is 0.312 e. The van der Waals surface area contributed by atoms with Gasteiger partial charge in [-0.1, -0.05) is 11.8 Å². The van der Waals surface area contributed by atoms with Gasteiger partial charge in [-0.15, -0.1) is 10.2 Å². The number of nitrogens with zero attached hydrogens (tertiary/aromatic N) is 3. The molecule has 8 heteroatoms. The number of alkyl halides is 3. The molecule has 0 saturated heterocycles. The minimum absolute atomic E-state index is 0.289. The number of aromatic nitrogens is 3. The molecule has 0 fully saturated rings. The summed E-state index contributed by atoms with van der Waals surface area (Å²) in [5.74, 6) is 0.530. The third-order valence-corrected chi connectivity index (χ3v) is 2.54. The van der Waals surface area contributed by atoms with Crippen LogP contribution < -0.4 is 5.32 Å². The molecule has 1 aromatic rings. The van der Waals surface area contributed by atoms with Gasteiger partial charge in [-0.05, 0) is 0 Å². The lowest BCUT2D eigenvalue weighted by Gasteiger charge is -2.07. The average molecular weight is 240 g/mol. The topological polar surface area (TPSA) is 42.7 Å². The molecule has 0 aliphatic carbocycles. The number of nitrogens with one attached hydrogen (secondary N) is 1. The van der Waals surface area contributed by atoms with Crippen LogP contribution in [0.25, 0.3) is 0 Å². The standard InChI is InChI=1S/C7H11F3N4S/c1-14-5-12-13-6(14)15-3-2-11-4-7(8,9)10/h5,11H,2-4H2,1H3. The van der Waals surface area contributed by atoms with Crippen molar-refractivity contribution in [3.63, 3.8) is 0 Å². The molecular weight excluding hydrogens is 229 g/mol. The SMILES string of the molecule is Cn1cnnc1SCCNCC(F)(F)F. The molecule has 4 nitrogen and oxygen atoms in total. The second-order valence-electron chi connectivity index (χ2n) is 2.86. The van der Waals surface area contributed by atoms with Gasteiger partial charge in [0.15, 0.2) is 5.16 Å². The Morgan fingerprint density at radius 3 is 2.80 bits per heavy atom. The van der Waals surface area contributed by atoms with Gasteiger partial charge in [-0.3, -0.25) is 0 Å². The zero-order chi connectivity index (χ0) is 11.3. The van der Waals surface area contributed by atoms with Crippen molar-refractivity contribution in [2.45, 2.75) is 11.3 Å². The number of thioether (sulfide) groups is 1. The molecule has 0 spiro atoms.